The molecule has 0 saturated heterocycles. The fourth-order valence-corrected chi connectivity index (χ4v) is 3.09. The second-order valence-electron chi connectivity index (χ2n) is 6.58. The van der Waals surface area contributed by atoms with Crippen molar-refractivity contribution in [1.82, 2.24) is 5.43 Å². The van der Waals surface area contributed by atoms with Crippen molar-refractivity contribution in [3.63, 3.8) is 0 Å². The van der Waals surface area contributed by atoms with E-state index in [0.717, 1.165) is 21.7 Å². The molecule has 4 nitrogen and oxygen atoms in total. The predicted molar refractivity (Wildman–Crippen MR) is 114 cm³/mol. The largest absolute Gasteiger partial charge is 0.480 e. The number of rotatable bonds is 5. The molecule has 0 bridgehead atoms. The van der Waals surface area contributed by atoms with E-state index < -0.39 is 6.10 Å². The summed E-state index contributed by atoms with van der Waals surface area (Å²) in [4.78, 5) is 12.3. The van der Waals surface area contributed by atoms with Crippen LogP contribution in [0.15, 0.2) is 90.0 Å². The molecule has 1 N–H and O–H groups in total. The smallest absolute Gasteiger partial charge is 0.280 e. The van der Waals surface area contributed by atoms with Gasteiger partial charge < -0.3 is 4.74 Å². The average molecular weight is 368 g/mol. The van der Waals surface area contributed by atoms with E-state index in [9.17, 15) is 4.79 Å². The van der Waals surface area contributed by atoms with Gasteiger partial charge >= 0.3 is 0 Å². The number of hydrogen-bond acceptors (Lipinski definition) is 3. The summed E-state index contributed by atoms with van der Waals surface area (Å²) in [6.07, 6.45) is 0.967. The van der Waals surface area contributed by atoms with E-state index in [1.165, 1.54) is 5.39 Å². The van der Waals surface area contributed by atoms with Crippen LogP contribution in [0.25, 0.3) is 21.5 Å². The highest BCUT2D eigenvalue weighted by atomic mass is 16.5. The molecule has 4 aromatic rings. The topological polar surface area (TPSA) is 50.7 Å². The fourth-order valence-electron chi connectivity index (χ4n) is 3.09. The van der Waals surface area contributed by atoms with Crippen molar-refractivity contribution >= 4 is 33.7 Å². The maximum Gasteiger partial charge on any atom is 0.280 e. The highest BCUT2D eigenvalue weighted by Crippen LogP contribution is 2.26. The van der Waals surface area contributed by atoms with Crippen molar-refractivity contribution in [3.8, 4) is 5.75 Å². The molecule has 0 saturated carbocycles. The minimum Gasteiger partial charge on any atom is -0.480 e. The second kappa shape index (κ2) is 7.92. The zero-order valence-electron chi connectivity index (χ0n) is 15.5. The maximum atomic E-state index is 12.3. The molecule has 1 amide bonds. The van der Waals surface area contributed by atoms with Crippen LogP contribution in [0.1, 0.15) is 12.5 Å². The van der Waals surface area contributed by atoms with Gasteiger partial charge in [-0.1, -0.05) is 72.8 Å². The summed E-state index contributed by atoms with van der Waals surface area (Å²) < 4.78 is 5.86. The van der Waals surface area contributed by atoms with E-state index in [0.29, 0.717) is 5.75 Å². The Labute approximate surface area is 163 Å². The van der Waals surface area contributed by atoms with Crippen molar-refractivity contribution in [1.29, 1.82) is 0 Å². The average Bonchev–Trinajstić information content (AvgIpc) is 2.74. The fraction of sp³-hybridized carbons (Fsp3) is 0.0833. The van der Waals surface area contributed by atoms with Crippen LogP contribution >= 0.6 is 0 Å². The molecular weight excluding hydrogens is 348 g/mol. The first-order valence-corrected chi connectivity index (χ1v) is 9.17. The molecule has 4 rings (SSSR count). The van der Waals surface area contributed by atoms with Gasteiger partial charge in [0.05, 0.1) is 6.21 Å². The highest BCUT2D eigenvalue weighted by molar-refractivity contribution is 5.91. The Balaban J connectivity index is 1.41. The lowest BCUT2D eigenvalue weighted by molar-refractivity contribution is -0.127. The third-order valence-corrected chi connectivity index (χ3v) is 4.58. The van der Waals surface area contributed by atoms with Gasteiger partial charge in [0.15, 0.2) is 6.10 Å². The third kappa shape index (κ3) is 3.86. The van der Waals surface area contributed by atoms with Crippen LogP contribution in [0.4, 0.5) is 0 Å². The number of nitrogens with one attached hydrogen (secondary N) is 1. The Bertz CT molecular complexity index is 1160. The molecule has 0 unspecified atom stereocenters. The van der Waals surface area contributed by atoms with Gasteiger partial charge in [0, 0.05) is 5.39 Å². The lowest BCUT2D eigenvalue weighted by atomic mass is 10.1. The Hall–Kier alpha value is -3.66. The number of hydrazone groups is 1. The van der Waals surface area contributed by atoms with Crippen LogP contribution in [-0.4, -0.2) is 18.2 Å². The van der Waals surface area contributed by atoms with Gasteiger partial charge in [-0.2, -0.15) is 5.10 Å². The van der Waals surface area contributed by atoms with Crippen molar-refractivity contribution in [2.24, 2.45) is 5.10 Å². The minimum absolute atomic E-state index is 0.301. The first kappa shape index (κ1) is 17.7. The molecular formula is C24H20N2O2. The van der Waals surface area contributed by atoms with Crippen LogP contribution in [0.5, 0.6) is 5.75 Å². The molecule has 0 aliphatic rings. The number of nitrogens with zero attached hydrogens (tertiary/aromatic N) is 1. The van der Waals surface area contributed by atoms with Crippen LogP contribution < -0.4 is 10.2 Å². The van der Waals surface area contributed by atoms with E-state index in [4.69, 9.17) is 4.74 Å². The summed E-state index contributed by atoms with van der Waals surface area (Å²) in [5.74, 6) is 0.379. The Kier molecular flexibility index (Phi) is 5.02. The molecule has 0 aromatic heterocycles. The Morgan fingerprint density at radius 2 is 1.61 bits per heavy atom. The van der Waals surface area contributed by atoms with Crippen molar-refractivity contribution in [2.45, 2.75) is 13.0 Å². The summed E-state index contributed by atoms with van der Waals surface area (Å²) >= 11 is 0. The van der Waals surface area contributed by atoms with Gasteiger partial charge in [0.25, 0.3) is 5.91 Å². The monoisotopic (exact) mass is 368 g/mol. The van der Waals surface area contributed by atoms with E-state index in [1.807, 2.05) is 78.9 Å². The summed E-state index contributed by atoms with van der Waals surface area (Å²) in [7, 11) is 0. The summed E-state index contributed by atoms with van der Waals surface area (Å²) in [5, 5.41) is 8.41. The summed E-state index contributed by atoms with van der Waals surface area (Å²) in [5.41, 5.74) is 3.47. The number of fused-ring (bicyclic) bond motifs is 2. The van der Waals surface area contributed by atoms with E-state index in [-0.39, 0.29) is 5.91 Å². The Morgan fingerprint density at radius 3 is 2.46 bits per heavy atom. The molecule has 0 aliphatic heterocycles. The normalized spacial score (nSPS) is 12.3. The third-order valence-electron chi connectivity index (χ3n) is 4.58. The first-order chi connectivity index (χ1) is 13.7. The number of ether oxygens (including phenoxy) is 1. The molecule has 0 aliphatic carbocycles. The molecule has 4 aromatic carbocycles. The minimum atomic E-state index is -0.667. The molecule has 0 heterocycles. The lowest BCUT2D eigenvalue weighted by Gasteiger charge is -2.14. The summed E-state index contributed by atoms with van der Waals surface area (Å²) in [6, 6.07) is 27.9. The molecule has 4 heteroatoms. The number of carbonyl (C=O) groups is 1. The number of hydrogen-bond donors (Lipinski definition) is 1. The van der Waals surface area contributed by atoms with Gasteiger partial charge in [-0.25, -0.2) is 5.43 Å². The van der Waals surface area contributed by atoms with Gasteiger partial charge in [-0.05, 0) is 40.8 Å². The molecule has 0 spiro atoms. The second-order valence-corrected chi connectivity index (χ2v) is 6.58. The quantitative estimate of drug-likeness (QED) is 0.402. The van der Waals surface area contributed by atoms with Gasteiger partial charge in [-0.3, -0.25) is 4.79 Å². The van der Waals surface area contributed by atoms with Crippen LogP contribution in [0.3, 0.4) is 0 Å². The van der Waals surface area contributed by atoms with Gasteiger partial charge in [0.1, 0.15) is 5.75 Å². The number of carbonyl (C=O) groups excluding carboxylic acids is 1. The zero-order valence-corrected chi connectivity index (χ0v) is 15.5. The van der Waals surface area contributed by atoms with Crippen LogP contribution in [0, 0.1) is 0 Å². The van der Waals surface area contributed by atoms with Crippen molar-refractivity contribution in [2.75, 3.05) is 0 Å². The number of amides is 1. The van der Waals surface area contributed by atoms with E-state index >= 15 is 0 Å². The van der Waals surface area contributed by atoms with Gasteiger partial charge in [-0.15, -0.1) is 0 Å². The Morgan fingerprint density at radius 1 is 0.893 bits per heavy atom. The summed E-state index contributed by atoms with van der Waals surface area (Å²) in [6.45, 7) is 1.71. The van der Waals surface area contributed by atoms with E-state index in [2.05, 4.69) is 16.6 Å². The molecule has 0 radical (unpaired) electrons. The van der Waals surface area contributed by atoms with E-state index in [1.54, 1.807) is 13.1 Å². The van der Waals surface area contributed by atoms with Crippen molar-refractivity contribution in [3.05, 3.63) is 90.5 Å². The molecule has 0 fully saturated rings. The molecule has 1 atom stereocenters. The number of benzene rings is 4. The van der Waals surface area contributed by atoms with Crippen molar-refractivity contribution < 1.29 is 9.53 Å². The molecule has 138 valence electrons. The first-order valence-electron chi connectivity index (χ1n) is 9.17. The predicted octanol–water partition coefficient (Wildman–Crippen LogP) is 4.91. The maximum absolute atomic E-state index is 12.3. The van der Waals surface area contributed by atoms with Crippen LogP contribution in [0.2, 0.25) is 0 Å². The zero-order chi connectivity index (χ0) is 19.3. The van der Waals surface area contributed by atoms with Gasteiger partial charge in [0.2, 0.25) is 0 Å². The lowest BCUT2D eigenvalue weighted by Crippen LogP contribution is -2.33. The molecule has 28 heavy (non-hydrogen) atoms. The van der Waals surface area contributed by atoms with Crippen LogP contribution in [-0.2, 0) is 4.79 Å². The SMILES string of the molecule is C[C@@H](Oc1cccc2ccccc12)C(=O)N/N=C\c1ccc2ccccc2c1. The highest BCUT2D eigenvalue weighted by Gasteiger charge is 2.15. The standard InChI is InChI=1S/C24H20N2O2/c1-17(28-23-12-6-10-20-8-4-5-11-22(20)23)24(27)26-25-16-18-13-14-19-7-2-3-9-21(19)15-18/h2-17H,1H3,(H,26,27)/b25-16-/t17-/m1/s1.